The van der Waals surface area contributed by atoms with E-state index in [2.05, 4.69) is 0 Å². The van der Waals surface area contributed by atoms with Gasteiger partial charge in [-0.3, -0.25) is 4.79 Å². The fourth-order valence-corrected chi connectivity index (χ4v) is 6.00. The Labute approximate surface area is 292 Å². The van der Waals surface area contributed by atoms with Crippen LogP contribution in [0, 0.1) is 0 Å². The fraction of sp³-hybridized carbons (Fsp3) is 0.531. The third kappa shape index (κ3) is 6.97. The van der Waals surface area contributed by atoms with Gasteiger partial charge in [0.25, 0.3) is 0 Å². The molecule has 3 aliphatic heterocycles. The first-order valence-corrected chi connectivity index (χ1v) is 15.9. The van der Waals surface area contributed by atoms with Crippen molar-refractivity contribution in [3.8, 4) is 40.1 Å². The van der Waals surface area contributed by atoms with Crippen molar-refractivity contribution in [1.29, 1.82) is 0 Å². The standard InChI is InChI=1S/C32H38O20/c1-9-19(38)24(43)29(52-30-25(44)20(39)15(37)8-46-30)32(47-9)48-11-5-14(36)18-16(6-11)49-27(10-2-3-12(34)13(35)4-10)28(22(18)41)51-31-26(45)23(42)21(40)17(7-33)50-31/h2-6,9,15,17,19-21,23-26,29-40,42-45H,7-8H2,1H3/t9-,15+,17+,19-,20-,21-,23-,24+,25+,26+,29+,30-,31-,32-/m0/s1. The second kappa shape index (κ2) is 14.9. The lowest BCUT2D eigenvalue weighted by Gasteiger charge is -2.44. The minimum Gasteiger partial charge on any atom is -0.507 e. The molecule has 0 amide bonds. The van der Waals surface area contributed by atoms with Gasteiger partial charge in [-0.05, 0) is 25.1 Å². The molecule has 0 bridgehead atoms. The van der Waals surface area contributed by atoms with E-state index in [0.29, 0.717) is 0 Å². The predicted octanol–water partition coefficient (Wildman–Crippen LogP) is -3.57. The zero-order valence-electron chi connectivity index (χ0n) is 27.0. The molecule has 2 aromatic carbocycles. The molecule has 0 radical (unpaired) electrons. The highest BCUT2D eigenvalue weighted by Crippen LogP contribution is 2.40. The summed E-state index contributed by atoms with van der Waals surface area (Å²) in [6, 6.07) is 5.30. The number of ether oxygens (including phenoxy) is 6. The van der Waals surface area contributed by atoms with Crippen LogP contribution in [0.1, 0.15) is 6.92 Å². The molecule has 12 N–H and O–H groups in total. The van der Waals surface area contributed by atoms with E-state index in [4.69, 9.17) is 32.8 Å². The summed E-state index contributed by atoms with van der Waals surface area (Å²) in [6.07, 6.45) is -23.0. The number of aromatic hydroxyl groups is 3. The molecule has 52 heavy (non-hydrogen) atoms. The fourth-order valence-electron chi connectivity index (χ4n) is 6.00. The molecular formula is C32H38O20. The monoisotopic (exact) mass is 742 g/mol. The van der Waals surface area contributed by atoms with Gasteiger partial charge in [0.2, 0.25) is 23.8 Å². The summed E-state index contributed by atoms with van der Waals surface area (Å²) in [7, 11) is 0. The largest absolute Gasteiger partial charge is 0.507 e. The average molecular weight is 743 g/mol. The van der Waals surface area contributed by atoms with Gasteiger partial charge >= 0.3 is 0 Å². The SMILES string of the molecule is C[C@@H]1O[C@@H](Oc2cc(O)c3c(=O)c(O[C@@H]4O[C@H](CO)[C@H](O)[C@H](O)[C@H]4O)c(-c4ccc(O)c(O)c4)oc3c2)[C@H](O[C@@H]2OC[C@@H](O)[C@H](O)[C@H]2O)[C@H](O)[C@H]1O. The molecule has 3 aromatic rings. The van der Waals surface area contributed by atoms with Gasteiger partial charge in [0.05, 0.1) is 19.3 Å². The molecule has 14 atom stereocenters. The molecule has 20 heteroatoms. The minimum atomic E-state index is -1.96. The molecule has 286 valence electrons. The van der Waals surface area contributed by atoms with E-state index in [0.717, 1.165) is 24.3 Å². The van der Waals surface area contributed by atoms with Crippen LogP contribution in [0.15, 0.2) is 39.5 Å². The third-order valence-corrected chi connectivity index (χ3v) is 9.01. The third-order valence-electron chi connectivity index (χ3n) is 9.01. The van der Waals surface area contributed by atoms with Crippen LogP contribution < -0.4 is 14.9 Å². The van der Waals surface area contributed by atoms with Crippen LogP contribution in [0.25, 0.3) is 22.3 Å². The van der Waals surface area contributed by atoms with Crippen molar-refractivity contribution in [2.24, 2.45) is 0 Å². The lowest BCUT2D eigenvalue weighted by Crippen LogP contribution is -2.62. The highest BCUT2D eigenvalue weighted by atomic mass is 16.8. The molecule has 3 aliphatic rings. The minimum absolute atomic E-state index is 0.0898. The number of rotatable bonds is 8. The van der Waals surface area contributed by atoms with Crippen molar-refractivity contribution >= 4 is 11.0 Å². The zero-order valence-corrected chi connectivity index (χ0v) is 27.0. The summed E-state index contributed by atoms with van der Waals surface area (Å²) in [5, 5.41) is 123. The van der Waals surface area contributed by atoms with Gasteiger partial charge in [0, 0.05) is 17.7 Å². The van der Waals surface area contributed by atoms with Crippen molar-refractivity contribution in [2.75, 3.05) is 13.2 Å². The second-order valence-electron chi connectivity index (χ2n) is 12.6. The first-order chi connectivity index (χ1) is 24.6. The van der Waals surface area contributed by atoms with Crippen LogP contribution in [-0.4, -0.2) is 161 Å². The topological polar surface area (TPSA) is 328 Å². The average Bonchev–Trinajstić information content (AvgIpc) is 3.11. The summed E-state index contributed by atoms with van der Waals surface area (Å²) in [5.41, 5.74) is -1.56. The van der Waals surface area contributed by atoms with Gasteiger partial charge in [0.1, 0.15) is 77.4 Å². The van der Waals surface area contributed by atoms with Crippen LogP contribution >= 0.6 is 0 Å². The smallest absolute Gasteiger partial charge is 0.239 e. The van der Waals surface area contributed by atoms with Crippen molar-refractivity contribution in [3.63, 3.8) is 0 Å². The number of aliphatic hydroxyl groups excluding tert-OH is 9. The molecular weight excluding hydrogens is 704 g/mol. The summed E-state index contributed by atoms with van der Waals surface area (Å²) in [5.74, 6) is -3.44. The van der Waals surface area contributed by atoms with Crippen molar-refractivity contribution < 1.29 is 94.1 Å². The lowest BCUT2D eigenvalue weighted by molar-refractivity contribution is -0.341. The van der Waals surface area contributed by atoms with Crippen molar-refractivity contribution in [3.05, 3.63) is 40.6 Å². The summed E-state index contributed by atoms with van der Waals surface area (Å²) in [4.78, 5) is 14.0. The normalized spacial score (nSPS) is 36.8. The number of fused-ring (bicyclic) bond motifs is 1. The van der Waals surface area contributed by atoms with E-state index in [-0.39, 0.29) is 16.9 Å². The number of aliphatic hydroxyl groups is 9. The van der Waals surface area contributed by atoms with Gasteiger partial charge in [-0.1, -0.05) is 0 Å². The molecule has 1 aromatic heterocycles. The number of hydrogen-bond acceptors (Lipinski definition) is 20. The van der Waals surface area contributed by atoms with Crippen LogP contribution in [-0.2, 0) is 18.9 Å². The number of benzene rings is 2. The van der Waals surface area contributed by atoms with Crippen LogP contribution in [0.2, 0.25) is 0 Å². The summed E-state index contributed by atoms with van der Waals surface area (Å²) < 4.78 is 39.5. The molecule has 0 aliphatic carbocycles. The number of hydrogen-bond donors (Lipinski definition) is 12. The maximum Gasteiger partial charge on any atom is 0.239 e. The molecule has 6 rings (SSSR count). The molecule has 4 heterocycles. The Kier molecular flexibility index (Phi) is 10.8. The van der Waals surface area contributed by atoms with E-state index < -0.39 is 139 Å². The maximum atomic E-state index is 14.0. The number of phenolic OH excluding ortho intramolecular Hbond substituents is 3. The van der Waals surface area contributed by atoms with Crippen molar-refractivity contribution in [1.82, 2.24) is 0 Å². The molecule has 0 spiro atoms. The summed E-state index contributed by atoms with van der Waals surface area (Å²) >= 11 is 0. The van der Waals surface area contributed by atoms with E-state index in [1.54, 1.807) is 0 Å². The number of phenols is 3. The Bertz CT molecular complexity index is 1800. The van der Waals surface area contributed by atoms with E-state index in [1.807, 2.05) is 0 Å². The highest BCUT2D eigenvalue weighted by Gasteiger charge is 2.49. The Morgan fingerprint density at radius 1 is 0.731 bits per heavy atom. The highest BCUT2D eigenvalue weighted by molar-refractivity contribution is 5.88. The van der Waals surface area contributed by atoms with E-state index in [1.165, 1.54) is 13.0 Å². The molecule has 0 unspecified atom stereocenters. The predicted molar refractivity (Wildman–Crippen MR) is 167 cm³/mol. The maximum absolute atomic E-state index is 14.0. The Morgan fingerprint density at radius 2 is 1.44 bits per heavy atom. The molecule has 20 nitrogen and oxygen atoms in total. The van der Waals surface area contributed by atoms with Crippen LogP contribution in [0.5, 0.6) is 28.7 Å². The van der Waals surface area contributed by atoms with E-state index >= 15 is 0 Å². The van der Waals surface area contributed by atoms with E-state index in [9.17, 15) is 66.1 Å². The van der Waals surface area contributed by atoms with Gasteiger partial charge < -0.3 is 94.1 Å². The van der Waals surface area contributed by atoms with Gasteiger partial charge in [-0.2, -0.15) is 0 Å². The molecule has 3 saturated heterocycles. The second-order valence-corrected chi connectivity index (χ2v) is 12.6. The first-order valence-electron chi connectivity index (χ1n) is 15.9. The van der Waals surface area contributed by atoms with Crippen LogP contribution in [0.4, 0.5) is 0 Å². The van der Waals surface area contributed by atoms with Crippen molar-refractivity contribution in [2.45, 2.75) is 92.9 Å². The Morgan fingerprint density at radius 3 is 2.13 bits per heavy atom. The molecule has 0 saturated carbocycles. The zero-order chi connectivity index (χ0) is 37.8. The first kappa shape index (κ1) is 37.9. The summed E-state index contributed by atoms with van der Waals surface area (Å²) in [6.45, 7) is 0.141. The molecule has 3 fully saturated rings. The van der Waals surface area contributed by atoms with Gasteiger partial charge in [0.15, 0.2) is 29.7 Å². The van der Waals surface area contributed by atoms with Gasteiger partial charge in [-0.15, -0.1) is 0 Å². The Balaban J connectivity index is 1.39. The van der Waals surface area contributed by atoms with Gasteiger partial charge in [-0.25, -0.2) is 0 Å². The Hall–Kier alpha value is -3.87. The quantitative estimate of drug-likeness (QED) is 0.0993. The lowest BCUT2D eigenvalue weighted by atomic mass is 9.99. The van der Waals surface area contributed by atoms with Crippen LogP contribution in [0.3, 0.4) is 0 Å².